The molecule has 0 bridgehead atoms. The SMILES string of the molecule is C.C=CC(=O)N[C@H]1C[C@H](C(=O)O)CC[C@H]1Nc1ncc2c(n1)N(C)C(=O)N(c1c(Cl)c(OC)cc(OC)c1Cl)C2.C=CC(=O)N[C@H]1C[C@H](C(=O)O)CC[C@H]1Nc1ncc2c(n1)N(C)C(=O)N(c1c(Cl)c(OC)cc(OC)c1Cl)C2.C=CC(=O)N[C@H]1C[C@H](C(=O)OCC)CC[C@H]1Nc1ncc2c(n1)N(C)C(=O)N(c1c(Cl)c(OC)cc(OC)c1Cl)C2.[Li+].[OH-]. The van der Waals surface area contributed by atoms with Crippen LogP contribution in [0.25, 0.3) is 0 Å². The molecule has 0 saturated heterocycles. The number of nitrogens with zero attached hydrogens (tertiary/aromatic N) is 12. The van der Waals surface area contributed by atoms with E-state index in [-0.39, 0.29) is 172 Å². The van der Waals surface area contributed by atoms with Gasteiger partial charge in [0.05, 0.1) is 122 Å². The number of rotatable bonds is 25. The van der Waals surface area contributed by atoms with Crippen LogP contribution in [-0.4, -0.2) is 206 Å². The van der Waals surface area contributed by atoms with Crippen molar-refractivity contribution in [3.8, 4) is 34.5 Å². The maximum Gasteiger partial charge on any atom is 1.00 e. The molecule has 3 aliphatic heterocycles. The minimum atomic E-state index is -0.908. The first-order chi connectivity index (χ1) is 56.8. The molecule has 122 heavy (non-hydrogen) atoms. The van der Waals surface area contributed by atoms with Crippen LogP contribution in [0.3, 0.4) is 0 Å². The van der Waals surface area contributed by atoms with Gasteiger partial charge in [-0.25, -0.2) is 29.3 Å². The second-order valence-corrected chi connectivity index (χ2v) is 30.1. The van der Waals surface area contributed by atoms with E-state index in [1.807, 2.05) is 0 Å². The van der Waals surface area contributed by atoms with E-state index in [4.69, 9.17) is 103 Å². The van der Waals surface area contributed by atoms with Gasteiger partial charge in [-0.05, 0) is 82.9 Å². The van der Waals surface area contributed by atoms with Crippen LogP contribution in [-0.2, 0) is 53.1 Å². The number of anilines is 9. The third-order valence-corrected chi connectivity index (χ3v) is 23.0. The first-order valence-electron chi connectivity index (χ1n) is 37.0. The van der Waals surface area contributed by atoms with Crippen LogP contribution in [0.5, 0.6) is 34.5 Å². The molecule has 652 valence electrons. The fourth-order valence-corrected chi connectivity index (χ4v) is 16.8. The van der Waals surface area contributed by atoms with E-state index in [1.54, 1.807) is 52.7 Å². The standard InChI is InChI=1S/C27H32Cl2N6O6.2C25H28Cl2N6O6.CH4.Li.H2O/c1-6-20(36)31-17-10-14(25(37)41-7-2)8-9-16(17)32-26-30-12-15-13-35(27(38)34(3)24(15)33-26)23-21(28)18(39-4)11-19(40-5)22(23)29;2*1-5-18(34)29-15-8-12(23(35)36)6-7-14(15)30-24-28-10-13-11-33(25(37)32(2)22(13)31-24)21-19(26)16(38-3)9-17(39-4)20(21)27;;;/h6,11-12,14,16-17H,1,7-10,13H2,2-5H3,(H,31,36)(H,30,32,33);2*5,9-10,12,14-15H,1,6-8,11H2,2-4H3,(H,29,34)(H,35,36)(H,28,30,31);1H4;;1H2/q;;;;+1;/p-1/t14-,16-,17+;2*12-,14-,15+;;;/m111.../s1. The number of carbonyl (C=O) groups is 9. The van der Waals surface area contributed by atoms with Crippen LogP contribution in [0.15, 0.2) is 74.8 Å². The van der Waals surface area contributed by atoms with E-state index in [2.05, 4.69) is 81.5 Å². The zero-order valence-corrected chi connectivity index (χ0v) is 72.2. The number of halogens is 6. The number of amides is 9. The average Bonchev–Trinajstić information content (AvgIpc) is 0.761. The molecule has 44 heteroatoms. The maximum absolute atomic E-state index is 13.5. The molecule has 0 unspecified atom stereocenters. The molecule has 0 spiro atoms. The molecule has 3 saturated carbocycles. The number of fused-ring (bicyclic) bond motifs is 3. The summed E-state index contributed by atoms with van der Waals surface area (Å²) in [5, 5.41) is 38.0. The van der Waals surface area contributed by atoms with E-state index in [0.717, 1.165) is 12.2 Å². The normalized spacial score (nSPS) is 20.0. The number of esters is 1. The number of hydrogen-bond acceptors (Lipinski definition) is 26. The molecule has 6 aliphatic rings. The van der Waals surface area contributed by atoms with Gasteiger partial charge in [0, 0.05) is 92.7 Å². The molecular weight excluding hydrogens is 1710 g/mol. The van der Waals surface area contributed by atoms with Gasteiger partial charge < -0.3 is 80.7 Å². The zero-order chi connectivity index (χ0) is 86.7. The van der Waals surface area contributed by atoms with Gasteiger partial charge >= 0.3 is 54.9 Å². The number of urea groups is 3. The van der Waals surface area contributed by atoms with Crippen LogP contribution < -0.4 is 109 Å². The van der Waals surface area contributed by atoms with Crippen molar-refractivity contribution in [3.63, 3.8) is 0 Å². The van der Waals surface area contributed by atoms with Crippen molar-refractivity contribution in [2.45, 2.75) is 128 Å². The van der Waals surface area contributed by atoms with E-state index in [9.17, 15) is 53.4 Å². The van der Waals surface area contributed by atoms with Crippen molar-refractivity contribution in [2.75, 3.05) is 116 Å². The van der Waals surface area contributed by atoms with Crippen molar-refractivity contribution < 1.29 is 111 Å². The minimum absolute atomic E-state index is 0. The van der Waals surface area contributed by atoms with Gasteiger partial charge in [-0.3, -0.25) is 58.2 Å². The van der Waals surface area contributed by atoms with E-state index >= 15 is 0 Å². The zero-order valence-electron chi connectivity index (χ0n) is 67.7. The Bertz CT molecular complexity index is 4690. The summed E-state index contributed by atoms with van der Waals surface area (Å²) in [4.78, 5) is 147. The van der Waals surface area contributed by atoms with Gasteiger partial charge in [-0.2, -0.15) is 15.0 Å². The Kier molecular flexibility index (Phi) is 34.9. The van der Waals surface area contributed by atoms with Crippen molar-refractivity contribution >= 4 is 176 Å². The Labute approximate surface area is 745 Å². The summed E-state index contributed by atoms with van der Waals surface area (Å²) in [5.41, 5.74) is 2.61. The fraction of sp³-hybridized carbons (Fsp3) is 0.423. The molecule has 3 fully saturated rings. The number of hydrogen-bond donors (Lipinski definition) is 8. The predicted molar refractivity (Wildman–Crippen MR) is 456 cm³/mol. The van der Waals surface area contributed by atoms with E-state index in [0.29, 0.717) is 114 Å². The monoisotopic (exact) mass is 1800 g/mol. The molecule has 37 nitrogen and oxygen atoms in total. The van der Waals surface area contributed by atoms with Gasteiger partial charge in [-0.1, -0.05) is 96.8 Å². The Balaban J connectivity index is 0.000000249. The van der Waals surface area contributed by atoms with Crippen LogP contribution in [0.4, 0.5) is 66.7 Å². The number of carboxylic acid groups (broad SMARTS) is 2. The summed E-state index contributed by atoms with van der Waals surface area (Å²) in [6.07, 6.45) is 12.0. The average molecular weight is 1810 g/mol. The number of aliphatic carboxylic acids is 2. The van der Waals surface area contributed by atoms with E-state index in [1.165, 1.54) is 90.3 Å². The van der Waals surface area contributed by atoms with Gasteiger partial charge in [0.2, 0.25) is 35.6 Å². The van der Waals surface area contributed by atoms with Crippen molar-refractivity contribution in [1.29, 1.82) is 0 Å². The van der Waals surface area contributed by atoms with E-state index < -0.39 is 71.8 Å². The number of ether oxygens (including phenoxy) is 7. The quantitative estimate of drug-likeness (QED) is 0.0150. The summed E-state index contributed by atoms with van der Waals surface area (Å²) in [6, 6.07) is 1.03. The van der Waals surface area contributed by atoms with Crippen molar-refractivity contribution in [3.05, 3.63) is 122 Å². The topological polar surface area (TPSA) is 458 Å². The molecule has 6 heterocycles. The molecule has 6 aromatic rings. The molecule has 3 aromatic heterocycles. The van der Waals surface area contributed by atoms with Crippen molar-refractivity contribution in [2.24, 2.45) is 17.8 Å². The number of aromatic nitrogens is 6. The molecule has 12 rings (SSSR count). The smallest absolute Gasteiger partial charge is 0.870 e. The second kappa shape index (κ2) is 43.3. The molecule has 3 aliphatic carbocycles. The summed E-state index contributed by atoms with van der Waals surface area (Å²) in [6.45, 7) is 12.8. The number of nitrogens with one attached hydrogen (secondary N) is 6. The third-order valence-electron chi connectivity index (χ3n) is 20.8. The Morgan fingerprint density at radius 1 is 0.443 bits per heavy atom. The molecule has 0 radical (unpaired) electrons. The third kappa shape index (κ3) is 21.5. The molecule has 3 aromatic carbocycles. The van der Waals surface area contributed by atoms with Gasteiger partial charge in [-0.15, -0.1) is 0 Å². The largest absolute Gasteiger partial charge is 1.00 e. The molecule has 9 N–H and O–H groups in total. The summed E-state index contributed by atoms with van der Waals surface area (Å²) < 4.78 is 37.2. The second-order valence-electron chi connectivity index (χ2n) is 27.9. The molecular formula is C78H93Cl6LiN18O19. The van der Waals surface area contributed by atoms with Gasteiger partial charge in [0.1, 0.15) is 82.1 Å². The Morgan fingerprint density at radius 2 is 0.689 bits per heavy atom. The first-order valence-corrected chi connectivity index (χ1v) is 39.3. The minimum Gasteiger partial charge on any atom is -0.870 e. The number of benzene rings is 3. The fourth-order valence-electron chi connectivity index (χ4n) is 14.6. The summed E-state index contributed by atoms with van der Waals surface area (Å²) in [7, 11) is 13.4. The molecule has 9 amide bonds. The number of methoxy groups -OCH3 is 6. The Hall–Kier alpha value is -10.8. The summed E-state index contributed by atoms with van der Waals surface area (Å²) >= 11 is 39.3. The van der Waals surface area contributed by atoms with Gasteiger partial charge in [0.25, 0.3) is 0 Å². The molecule has 9 atom stereocenters. The predicted octanol–water partition coefficient (Wildman–Crippen LogP) is 9.08. The number of carbonyl (C=O) groups excluding carboxylic acids is 7. The van der Waals surface area contributed by atoms with Crippen LogP contribution in [0.2, 0.25) is 30.1 Å². The maximum atomic E-state index is 13.5. The van der Waals surface area contributed by atoms with Crippen molar-refractivity contribution in [1.82, 2.24) is 45.9 Å². The first kappa shape index (κ1) is 98.4. The van der Waals surface area contributed by atoms with Gasteiger partial charge in [0.15, 0.2) is 0 Å². The number of carboxylic acids is 2. The van der Waals surface area contributed by atoms with Crippen LogP contribution in [0, 0.1) is 17.8 Å². The van der Waals surface area contributed by atoms with Crippen LogP contribution in [0.1, 0.15) is 88.8 Å². The Morgan fingerprint density at radius 3 is 0.918 bits per heavy atom. The van der Waals surface area contributed by atoms with Crippen LogP contribution >= 0.6 is 69.6 Å². The summed E-state index contributed by atoms with van der Waals surface area (Å²) in [5.74, 6) is -1.08.